The maximum absolute atomic E-state index is 12.3. The van der Waals surface area contributed by atoms with Gasteiger partial charge in [0, 0.05) is 24.3 Å². The molecule has 0 saturated carbocycles. The van der Waals surface area contributed by atoms with E-state index < -0.39 is 0 Å². The van der Waals surface area contributed by atoms with E-state index >= 15 is 0 Å². The lowest BCUT2D eigenvalue weighted by atomic mass is 9.92. The van der Waals surface area contributed by atoms with Crippen molar-refractivity contribution < 1.29 is 14.6 Å². The predicted molar refractivity (Wildman–Crippen MR) is 74.2 cm³/mol. The second-order valence-electron chi connectivity index (χ2n) is 4.75. The lowest BCUT2D eigenvalue weighted by Crippen LogP contribution is -2.49. The Bertz CT molecular complexity index is 506. The number of rotatable bonds is 2. The molecule has 102 valence electrons. The van der Waals surface area contributed by atoms with Crippen LogP contribution in [-0.4, -0.2) is 36.4 Å². The van der Waals surface area contributed by atoms with E-state index in [1.54, 1.807) is 6.07 Å². The van der Waals surface area contributed by atoms with Crippen LogP contribution < -0.4 is 5.32 Å². The summed E-state index contributed by atoms with van der Waals surface area (Å²) in [6.07, 6.45) is 1.64. The molecule has 1 aromatic rings. The first-order valence-corrected chi connectivity index (χ1v) is 7.10. The molecule has 0 atom stereocenters. The highest BCUT2D eigenvalue weighted by molar-refractivity contribution is 7.12. The molecule has 1 aliphatic heterocycles. The number of carbonyl (C=O) groups is 1. The minimum Gasteiger partial charge on any atom is -0.384 e. The van der Waals surface area contributed by atoms with Crippen molar-refractivity contribution in [3.8, 4) is 11.8 Å². The van der Waals surface area contributed by atoms with Gasteiger partial charge in [0.2, 0.25) is 0 Å². The monoisotopic (exact) mass is 279 g/mol. The second-order valence-corrected chi connectivity index (χ2v) is 5.67. The quantitative estimate of drug-likeness (QED) is 0.804. The standard InChI is InChI=1S/C14H17NO3S/c1-14(5-8-18-9-6-14)15-13(17)12-11(3-2-7-16)4-10-19-12/h4,10,16H,5-9H2,1H3,(H,15,17). The topological polar surface area (TPSA) is 58.6 Å². The lowest BCUT2D eigenvalue weighted by Gasteiger charge is -2.34. The molecule has 1 aromatic heterocycles. The van der Waals surface area contributed by atoms with Crippen molar-refractivity contribution in [3.05, 3.63) is 21.9 Å². The summed E-state index contributed by atoms with van der Waals surface area (Å²) in [4.78, 5) is 12.9. The molecule has 1 fully saturated rings. The Morgan fingerprint density at radius 1 is 1.58 bits per heavy atom. The van der Waals surface area contributed by atoms with Gasteiger partial charge in [-0.15, -0.1) is 11.3 Å². The molecule has 0 spiro atoms. The summed E-state index contributed by atoms with van der Waals surface area (Å²) in [7, 11) is 0. The van der Waals surface area contributed by atoms with Gasteiger partial charge in [0.25, 0.3) is 5.91 Å². The third-order valence-electron chi connectivity index (χ3n) is 3.19. The largest absolute Gasteiger partial charge is 0.384 e. The SMILES string of the molecule is CC1(NC(=O)c2sccc2C#CCO)CCOCC1. The van der Waals surface area contributed by atoms with E-state index in [9.17, 15) is 4.79 Å². The molecule has 0 bridgehead atoms. The summed E-state index contributed by atoms with van der Waals surface area (Å²) < 4.78 is 5.32. The van der Waals surface area contributed by atoms with Gasteiger partial charge in [0.05, 0.1) is 0 Å². The number of amides is 1. The molecule has 4 nitrogen and oxygen atoms in total. The zero-order valence-electron chi connectivity index (χ0n) is 10.9. The molecule has 2 rings (SSSR count). The summed E-state index contributed by atoms with van der Waals surface area (Å²) in [6, 6.07) is 1.80. The summed E-state index contributed by atoms with van der Waals surface area (Å²) in [6.45, 7) is 3.20. The Hall–Kier alpha value is -1.35. The molecule has 0 aliphatic carbocycles. The number of ether oxygens (including phenoxy) is 1. The minimum atomic E-state index is -0.207. The van der Waals surface area contributed by atoms with Gasteiger partial charge in [-0.25, -0.2) is 0 Å². The third-order valence-corrected chi connectivity index (χ3v) is 4.10. The number of aliphatic hydroxyl groups excluding tert-OH is 1. The second kappa shape index (κ2) is 6.20. The van der Waals surface area contributed by atoms with Crippen molar-refractivity contribution >= 4 is 17.2 Å². The van der Waals surface area contributed by atoms with Gasteiger partial charge in [-0.2, -0.15) is 0 Å². The maximum atomic E-state index is 12.3. The average molecular weight is 279 g/mol. The Kier molecular flexibility index (Phi) is 4.59. The van der Waals surface area contributed by atoms with Crippen molar-refractivity contribution in [1.29, 1.82) is 0 Å². The van der Waals surface area contributed by atoms with E-state index in [2.05, 4.69) is 17.2 Å². The van der Waals surface area contributed by atoms with Crippen molar-refractivity contribution in [2.24, 2.45) is 0 Å². The number of carbonyl (C=O) groups excluding carboxylic acids is 1. The van der Waals surface area contributed by atoms with Crippen LogP contribution in [0.5, 0.6) is 0 Å². The third kappa shape index (κ3) is 3.57. The zero-order chi connectivity index (χ0) is 13.7. The molecular weight excluding hydrogens is 262 g/mol. The Labute approximate surface area is 116 Å². The molecule has 2 N–H and O–H groups in total. The van der Waals surface area contributed by atoms with Crippen LogP contribution in [0.1, 0.15) is 35.0 Å². The molecule has 1 amide bonds. The fraction of sp³-hybridized carbons (Fsp3) is 0.500. The summed E-state index contributed by atoms with van der Waals surface area (Å²) in [5, 5.41) is 13.6. The van der Waals surface area contributed by atoms with Gasteiger partial charge in [0.15, 0.2) is 0 Å². The van der Waals surface area contributed by atoms with Gasteiger partial charge in [-0.1, -0.05) is 11.8 Å². The first kappa shape index (κ1) is 14.1. The van der Waals surface area contributed by atoms with Crippen LogP contribution in [0.2, 0.25) is 0 Å². The van der Waals surface area contributed by atoms with Gasteiger partial charge < -0.3 is 15.2 Å². The van der Waals surface area contributed by atoms with Crippen LogP contribution in [0.4, 0.5) is 0 Å². The van der Waals surface area contributed by atoms with E-state index in [4.69, 9.17) is 9.84 Å². The smallest absolute Gasteiger partial charge is 0.263 e. The predicted octanol–water partition coefficient (Wildman–Crippen LogP) is 1.39. The number of thiophene rings is 1. The van der Waals surface area contributed by atoms with Crippen LogP contribution in [0.25, 0.3) is 0 Å². The van der Waals surface area contributed by atoms with Gasteiger partial charge in [-0.3, -0.25) is 4.79 Å². The van der Waals surface area contributed by atoms with Crippen molar-refractivity contribution in [2.45, 2.75) is 25.3 Å². The number of nitrogens with one attached hydrogen (secondary N) is 1. The zero-order valence-corrected chi connectivity index (χ0v) is 11.7. The van der Waals surface area contributed by atoms with Crippen LogP contribution in [0.3, 0.4) is 0 Å². The first-order chi connectivity index (χ1) is 9.14. The molecule has 1 saturated heterocycles. The number of aliphatic hydroxyl groups is 1. The van der Waals surface area contributed by atoms with Gasteiger partial charge >= 0.3 is 0 Å². The van der Waals surface area contributed by atoms with Crippen molar-refractivity contribution in [2.75, 3.05) is 19.8 Å². The highest BCUT2D eigenvalue weighted by Crippen LogP contribution is 2.22. The van der Waals surface area contributed by atoms with Crippen molar-refractivity contribution in [3.63, 3.8) is 0 Å². The molecule has 0 radical (unpaired) electrons. The van der Waals surface area contributed by atoms with Crippen molar-refractivity contribution in [1.82, 2.24) is 5.32 Å². The Balaban J connectivity index is 2.09. The van der Waals surface area contributed by atoms with E-state index in [0.29, 0.717) is 23.7 Å². The highest BCUT2D eigenvalue weighted by Gasteiger charge is 2.30. The molecule has 19 heavy (non-hydrogen) atoms. The molecule has 2 heterocycles. The molecule has 5 heteroatoms. The summed E-state index contributed by atoms with van der Waals surface area (Å²) in [5.74, 6) is 5.27. The molecule has 1 aliphatic rings. The minimum absolute atomic E-state index is 0.0957. The van der Waals surface area contributed by atoms with E-state index in [1.807, 2.05) is 12.3 Å². The number of hydrogen-bond acceptors (Lipinski definition) is 4. The Morgan fingerprint density at radius 2 is 2.32 bits per heavy atom. The molecule has 0 aromatic carbocycles. The normalized spacial score (nSPS) is 17.4. The fourth-order valence-corrected chi connectivity index (χ4v) is 2.74. The number of hydrogen-bond donors (Lipinski definition) is 2. The maximum Gasteiger partial charge on any atom is 0.263 e. The molecular formula is C14H17NO3S. The lowest BCUT2D eigenvalue weighted by molar-refractivity contribution is 0.0424. The van der Waals surface area contributed by atoms with E-state index in [-0.39, 0.29) is 18.1 Å². The first-order valence-electron chi connectivity index (χ1n) is 6.22. The van der Waals surface area contributed by atoms with Crippen LogP contribution >= 0.6 is 11.3 Å². The summed E-state index contributed by atoms with van der Waals surface area (Å²) in [5.41, 5.74) is 0.466. The van der Waals surface area contributed by atoms with Crippen LogP contribution in [-0.2, 0) is 4.74 Å². The molecule has 0 unspecified atom stereocenters. The van der Waals surface area contributed by atoms with Gasteiger partial charge in [-0.05, 0) is 31.2 Å². The summed E-state index contributed by atoms with van der Waals surface area (Å²) >= 11 is 1.37. The Morgan fingerprint density at radius 3 is 3.00 bits per heavy atom. The highest BCUT2D eigenvalue weighted by atomic mass is 32.1. The van der Waals surface area contributed by atoms with Crippen LogP contribution in [0, 0.1) is 11.8 Å². The van der Waals surface area contributed by atoms with E-state index in [0.717, 1.165) is 12.8 Å². The van der Waals surface area contributed by atoms with Crippen LogP contribution in [0.15, 0.2) is 11.4 Å². The van der Waals surface area contributed by atoms with Gasteiger partial charge in [0.1, 0.15) is 11.5 Å². The van der Waals surface area contributed by atoms with E-state index in [1.165, 1.54) is 11.3 Å². The average Bonchev–Trinajstić information content (AvgIpc) is 2.85. The fourth-order valence-electron chi connectivity index (χ4n) is 2.00.